The molecule has 0 aliphatic rings. The Labute approximate surface area is 146 Å². The highest BCUT2D eigenvalue weighted by atomic mass is 16.5. The average Bonchev–Trinajstić information content (AvgIpc) is 3.10. The second kappa shape index (κ2) is 7.57. The largest absolute Gasteiger partial charge is 0.497 e. The number of benzene rings is 2. The number of amides is 1. The summed E-state index contributed by atoms with van der Waals surface area (Å²) in [5, 5.41) is 2.83. The zero-order valence-electron chi connectivity index (χ0n) is 14.1. The van der Waals surface area contributed by atoms with Crippen LogP contribution < -0.4 is 14.8 Å². The summed E-state index contributed by atoms with van der Waals surface area (Å²) in [7, 11) is 1.60. The topological polar surface area (TPSA) is 60.7 Å². The summed E-state index contributed by atoms with van der Waals surface area (Å²) in [4.78, 5) is 12.4. The molecule has 128 valence electrons. The first kappa shape index (κ1) is 16.6. The zero-order chi connectivity index (χ0) is 17.6. The third kappa shape index (κ3) is 4.20. The highest BCUT2D eigenvalue weighted by Gasteiger charge is 2.15. The molecule has 1 heterocycles. The summed E-state index contributed by atoms with van der Waals surface area (Å²) >= 11 is 0. The molecule has 5 nitrogen and oxygen atoms in total. The molecule has 1 N–H and O–H groups in total. The molecular formula is C20H19NO4. The van der Waals surface area contributed by atoms with Gasteiger partial charge in [-0.2, -0.15) is 0 Å². The molecule has 1 aromatic heterocycles. The number of hydrogen-bond donors (Lipinski definition) is 1. The SMILES string of the molecule is COc1ccc(NC(=O)c2ccoc2COc2ccc(C)cc2)cc1. The van der Waals surface area contributed by atoms with Crippen LogP contribution in [0.3, 0.4) is 0 Å². The van der Waals surface area contributed by atoms with Crippen molar-refractivity contribution in [1.82, 2.24) is 0 Å². The monoisotopic (exact) mass is 337 g/mol. The molecule has 3 rings (SSSR count). The standard InChI is InChI=1S/C20H19NO4/c1-14-3-7-17(8-4-14)25-13-19-18(11-12-24-19)20(22)21-15-5-9-16(23-2)10-6-15/h3-12H,13H2,1-2H3,(H,21,22). The quantitative estimate of drug-likeness (QED) is 0.723. The van der Waals surface area contributed by atoms with Gasteiger partial charge < -0.3 is 19.2 Å². The van der Waals surface area contributed by atoms with Gasteiger partial charge in [0.15, 0.2) is 5.76 Å². The fourth-order valence-corrected chi connectivity index (χ4v) is 2.31. The fourth-order valence-electron chi connectivity index (χ4n) is 2.31. The molecular weight excluding hydrogens is 318 g/mol. The Hall–Kier alpha value is -3.21. The molecule has 0 saturated heterocycles. The molecule has 5 heteroatoms. The predicted molar refractivity (Wildman–Crippen MR) is 95.2 cm³/mol. The summed E-state index contributed by atoms with van der Waals surface area (Å²) in [6, 6.07) is 16.5. The van der Waals surface area contributed by atoms with E-state index in [-0.39, 0.29) is 12.5 Å². The number of nitrogens with one attached hydrogen (secondary N) is 1. The van der Waals surface area contributed by atoms with E-state index in [1.54, 1.807) is 37.4 Å². The maximum atomic E-state index is 12.4. The first-order valence-electron chi connectivity index (χ1n) is 7.87. The second-order valence-electron chi connectivity index (χ2n) is 5.54. The van der Waals surface area contributed by atoms with Crippen LogP contribution >= 0.6 is 0 Å². The van der Waals surface area contributed by atoms with Gasteiger partial charge >= 0.3 is 0 Å². The van der Waals surface area contributed by atoms with Crippen molar-refractivity contribution >= 4 is 11.6 Å². The van der Waals surface area contributed by atoms with Gasteiger partial charge in [-0.3, -0.25) is 4.79 Å². The van der Waals surface area contributed by atoms with E-state index < -0.39 is 0 Å². The molecule has 1 amide bonds. The van der Waals surface area contributed by atoms with E-state index in [2.05, 4.69) is 5.32 Å². The number of ether oxygens (including phenoxy) is 2. The molecule has 3 aromatic rings. The summed E-state index contributed by atoms with van der Waals surface area (Å²) < 4.78 is 16.2. The molecule has 0 radical (unpaired) electrons. The predicted octanol–water partition coefficient (Wildman–Crippen LogP) is 4.43. The Morgan fingerprint density at radius 3 is 2.36 bits per heavy atom. The molecule has 0 aliphatic heterocycles. The van der Waals surface area contributed by atoms with Crippen molar-refractivity contribution in [1.29, 1.82) is 0 Å². The molecule has 25 heavy (non-hydrogen) atoms. The minimum atomic E-state index is -0.249. The lowest BCUT2D eigenvalue weighted by molar-refractivity contribution is 0.102. The molecule has 0 spiro atoms. The summed E-state index contributed by atoms with van der Waals surface area (Å²) in [6.45, 7) is 2.19. The van der Waals surface area contributed by atoms with Gasteiger partial charge in [0.2, 0.25) is 0 Å². The number of hydrogen-bond acceptors (Lipinski definition) is 4. The molecule has 0 aliphatic carbocycles. The molecule has 0 saturated carbocycles. The van der Waals surface area contributed by atoms with Gasteiger partial charge in [0.05, 0.1) is 18.9 Å². The van der Waals surface area contributed by atoms with Gasteiger partial charge in [0.25, 0.3) is 5.91 Å². The van der Waals surface area contributed by atoms with Crippen molar-refractivity contribution in [3.8, 4) is 11.5 Å². The van der Waals surface area contributed by atoms with E-state index >= 15 is 0 Å². The van der Waals surface area contributed by atoms with E-state index in [0.29, 0.717) is 17.0 Å². The molecule has 0 atom stereocenters. The van der Waals surface area contributed by atoms with Crippen molar-refractivity contribution in [2.24, 2.45) is 0 Å². The van der Waals surface area contributed by atoms with Crippen molar-refractivity contribution < 1.29 is 18.7 Å². The van der Waals surface area contributed by atoms with Crippen molar-refractivity contribution in [2.75, 3.05) is 12.4 Å². The van der Waals surface area contributed by atoms with Gasteiger partial charge in [-0.05, 0) is 49.4 Å². The second-order valence-corrected chi connectivity index (χ2v) is 5.54. The number of methoxy groups -OCH3 is 1. The van der Waals surface area contributed by atoms with Gasteiger partial charge in [0, 0.05) is 5.69 Å². The normalized spacial score (nSPS) is 10.3. The minimum absolute atomic E-state index is 0.182. The van der Waals surface area contributed by atoms with Crippen LogP contribution in [0.2, 0.25) is 0 Å². The van der Waals surface area contributed by atoms with Gasteiger partial charge in [-0.15, -0.1) is 0 Å². The van der Waals surface area contributed by atoms with Gasteiger partial charge in [-0.1, -0.05) is 17.7 Å². The van der Waals surface area contributed by atoms with E-state index in [1.807, 2.05) is 31.2 Å². The number of aryl methyl sites for hydroxylation is 1. The zero-order valence-corrected chi connectivity index (χ0v) is 14.1. The molecule has 0 unspecified atom stereocenters. The van der Waals surface area contributed by atoms with Crippen LogP contribution in [0.4, 0.5) is 5.69 Å². The summed E-state index contributed by atoms with van der Waals surface area (Å²) in [5.41, 5.74) is 2.28. The van der Waals surface area contributed by atoms with Crippen LogP contribution in [0.15, 0.2) is 65.3 Å². The third-order valence-corrected chi connectivity index (χ3v) is 3.73. The smallest absolute Gasteiger partial charge is 0.259 e. The van der Waals surface area contributed by atoms with E-state index in [4.69, 9.17) is 13.9 Å². The number of carbonyl (C=O) groups is 1. The van der Waals surface area contributed by atoms with Crippen LogP contribution in [-0.2, 0) is 6.61 Å². The van der Waals surface area contributed by atoms with Crippen molar-refractivity contribution in [2.45, 2.75) is 13.5 Å². The lowest BCUT2D eigenvalue weighted by Gasteiger charge is -2.08. The Morgan fingerprint density at radius 2 is 1.68 bits per heavy atom. The van der Waals surface area contributed by atoms with Crippen molar-refractivity contribution in [3.63, 3.8) is 0 Å². The van der Waals surface area contributed by atoms with Crippen molar-refractivity contribution in [3.05, 3.63) is 77.7 Å². The fraction of sp³-hybridized carbons (Fsp3) is 0.150. The average molecular weight is 337 g/mol. The number of carbonyl (C=O) groups excluding carboxylic acids is 1. The lowest BCUT2D eigenvalue weighted by atomic mass is 10.2. The Bertz CT molecular complexity index is 835. The first-order chi connectivity index (χ1) is 12.2. The van der Waals surface area contributed by atoms with Crippen LogP contribution in [0.25, 0.3) is 0 Å². The maximum Gasteiger partial charge on any atom is 0.259 e. The molecule has 0 fully saturated rings. The maximum absolute atomic E-state index is 12.4. The highest BCUT2D eigenvalue weighted by molar-refractivity contribution is 6.04. The van der Waals surface area contributed by atoms with Gasteiger partial charge in [0.1, 0.15) is 18.1 Å². The van der Waals surface area contributed by atoms with E-state index in [0.717, 1.165) is 17.1 Å². The van der Waals surface area contributed by atoms with Crippen LogP contribution in [0, 0.1) is 6.92 Å². The third-order valence-electron chi connectivity index (χ3n) is 3.73. The first-order valence-corrected chi connectivity index (χ1v) is 7.87. The Morgan fingerprint density at radius 1 is 1.00 bits per heavy atom. The minimum Gasteiger partial charge on any atom is -0.497 e. The van der Waals surface area contributed by atoms with E-state index in [9.17, 15) is 4.79 Å². The summed E-state index contributed by atoms with van der Waals surface area (Å²) in [5.74, 6) is 1.69. The van der Waals surface area contributed by atoms with Crippen LogP contribution in [0.1, 0.15) is 21.7 Å². The summed E-state index contributed by atoms with van der Waals surface area (Å²) in [6.07, 6.45) is 1.48. The molecule has 2 aromatic carbocycles. The highest BCUT2D eigenvalue weighted by Crippen LogP contribution is 2.19. The Balaban J connectivity index is 1.65. The Kier molecular flexibility index (Phi) is 5.04. The molecule has 0 bridgehead atoms. The van der Waals surface area contributed by atoms with E-state index in [1.165, 1.54) is 6.26 Å². The van der Waals surface area contributed by atoms with Crippen LogP contribution in [0.5, 0.6) is 11.5 Å². The number of furan rings is 1. The van der Waals surface area contributed by atoms with Crippen LogP contribution in [-0.4, -0.2) is 13.0 Å². The lowest BCUT2D eigenvalue weighted by Crippen LogP contribution is -2.13. The van der Waals surface area contributed by atoms with Gasteiger partial charge in [-0.25, -0.2) is 0 Å². The number of rotatable bonds is 6. The number of anilines is 1.